The van der Waals surface area contributed by atoms with Gasteiger partial charge in [0.05, 0.1) is 11.9 Å². The first-order chi connectivity index (χ1) is 14.6. The summed E-state index contributed by atoms with van der Waals surface area (Å²) in [5.74, 6) is 2.00. The molecule has 2 N–H and O–H groups in total. The van der Waals surface area contributed by atoms with Crippen molar-refractivity contribution in [2.24, 2.45) is 0 Å². The molecular weight excluding hydrogens is 376 g/mol. The summed E-state index contributed by atoms with van der Waals surface area (Å²) in [5, 5.41) is 5.47. The van der Waals surface area contributed by atoms with E-state index in [-0.39, 0.29) is 6.04 Å². The molecular formula is C23H24N6O. The number of nitrogens with zero attached hydrogens (tertiary/aromatic N) is 5. The fraction of sp³-hybridized carbons (Fsp3) is 0.348. The predicted molar refractivity (Wildman–Crippen MR) is 116 cm³/mol. The number of hydrogen-bond donors (Lipinski definition) is 1. The van der Waals surface area contributed by atoms with Gasteiger partial charge in [-0.2, -0.15) is 0 Å². The maximum absolute atomic E-state index is 6.39. The third-order valence-electron chi connectivity index (χ3n) is 6.24. The Morgan fingerprint density at radius 3 is 2.63 bits per heavy atom. The van der Waals surface area contributed by atoms with Crippen LogP contribution in [0, 0.1) is 0 Å². The average molecular weight is 400 g/mol. The molecule has 1 saturated carbocycles. The summed E-state index contributed by atoms with van der Waals surface area (Å²) in [7, 11) is 0. The summed E-state index contributed by atoms with van der Waals surface area (Å²) < 4.78 is 8.21. The highest BCUT2D eigenvalue weighted by molar-refractivity contribution is 6.02. The van der Waals surface area contributed by atoms with E-state index in [0.29, 0.717) is 11.7 Å². The van der Waals surface area contributed by atoms with E-state index in [0.717, 1.165) is 46.8 Å². The van der Waals surface area contributed by atoms with Crippen LogP contribution < -0.4 is 10.6 Å². The molecule has 1 aromatic carbocycles. The molecule has 0 amide bonds. The van der Waals surface area contributed by atoms with Crippen molar-refractivity contribution in [2.45, 2.75) is 51.7 Å². The van der Waals surface area contributed by atoms with Gasteiger partial charge in [0, 0.05) is 41.0 Å². The van der Waals surface area contributed by atoms with E-state index in [1.54, 1.807) is 6.33 Å². The van der Waals surface area contributed by atoms with Crippen LogP contribution in [0.2, 0.25) is 0 Å². The molecule has 2 aliphatic rings. The minimum absolute atomic E-state index is 0.222. The van der Waals surface area contributed by atoms with Crippen LogP contribution in [0.5, 0.6) is 0 Å². The van der Waals surface area contributed by atoms with Crippen molar-refractivity contribution in [1.29, 1.82) is 0 Å². The molecule has 0 unspecified atom stereocenters. The Morgan fingerprint density at radius 2 is 1.90 bits per heavy atom. The zero-order valence-electron chi connectivity index (χ0n) is 17.2. The van der Waals surface area contributed by atoms with Gasteiger partial charge in [-0.1, -0.05) is 23.4 Å². The van der Waals surface area contributed by atoms with Gasteiger partial charge in [-0.3, -0.25) is 0 Å². The highest BCUT2D eigenvalue weighted by Gasteiger charge is 2.37. The molecule has 6 rings (SSSR count). The van der Waals surface area contributed by atoms with E-state index >= 15 is 0 Å². The van der Waals surface area contributed by atoms with Gasteiger partial charge in [0.25, 0.3) is 0 Å². The van der Waals surface area contributed by atoms with Crippen LogP contribution in [-0.4, -0.2) is 19.7 Å². The zero-order valence-corrected chi connectivity index (χ0v) is 17.2. The maximum Gasteiger partial charge on any atom is 0.146 e. The Labute approximate surface area is 174 Å². The van der Waals surface area contributed by atoms with Crippen LogP contribution in [-0.2, 0) is 13.1 Å². The smallest absolute Gasteiger partial charge is 0.146 e. The van der Waals surface area contributed by atoms with E-state index in [1.165, 1.54) is 24.1 Å². The molecule has 1 aliphatic heterocycles. The quantitative estimate of drug-likeness (QED) is 0.539. The lowest BCUT2D eigenvalue weighted by Gasteiger charge is -2.25. The summed E-state index contributed by atoms with van der Waals surface area (Å²) in [4.78, 5) is 11.3. The number of nitrogens with two attached hydrogens (primary N) is 1. The van der Waals surface area contributed by atoms with Crippen molar-refractivity contribution in [3.8, 4) is 11.3 Å². The van der Waals surface area contributed by atoms with Gasteiger partial charge < -0.3 is 19.7 Å². The van der Waals surface area contributed by atoms with Crippen LogP contribution in [0.3, 0.4) is 0 Å². The first kappa shape index (κ1) is 17.5. The number of hydrogen-bond acceptors (Lipinski definition) is 6. The fourth-order valence-corrected chi connectivity index (χ4v) is 4.76. The van der Waals surface area contributed by atoms with Crippen LogP contribution in [0.4, 0.5) is 11.5 Å². The number of para-hydroxylation sites is 1. The van der Waals surface area contributed by atoms with E-state index in [4.69, 9.17) is 10.3 Å². The van der Waals surface area contributed by atoms with E-state index in [9.17, 15) is 0 Å². The molecule has 30 heavy (non-hydrogen) atoms. The maximum atomic E-state index is 6.39. The molecule has 0 atom stereocenters. The standard InChI is InChI=1S/C23H24N6O/c1-13(2)29-17-11-28(15-6-4-3-5-7-15)10-16-20(27-30-21(16)14-8-9-14)18(17)19-22(24)25-12-26-23(19)29/h3-7,12-14H,8-11H2,1-2H3,(H2,24,25,26). The van der Waals surface area contributed by atoms with E-state index in [2.05, 4.69) is 68.8 Å². The highest BCUT2D eigenvalue weighted by Crippen LogP contribution is 2.48. The second-order valence-electron chi connectivity index (χ2n) is 8.58. The van der Waals surface area contributed by atoms with Gasteiger partial charge in [-0.15, -0.1) is 0 Å². The Kier molecular flexibility index (Phi) is 3.69. The van der Waals surface area contributed by atoms with Crippen LogP contribution in [0.1, 0.15) is 55.7 Å². The Balaban J connectivity index is 1.68. The molecule has 152 valence electrons. The summed E-state index contributed by atoms with van der Waals surface area (Å²) in [5.41, 5.74) is 12.7. The molecule has 4 heterocycles. The topological polar surface area (TPSA) is 86.0 Å². The fourth-order valence-electron chi connectivity index (χ4n) is 4.76. The Hall–Kier alpha value is -3.35. The van der Waals surface area contributed by atoms with Crippen molar-refractivity contribution >= 4 is 22.5 Å². The van der Waals surface area contributed by atoms with Crippen molar-refractivity contribution in [1.82, 2.24) is 19.7 Å². The molecule has 1 fully saturated rings. The Bertz CT molecular complexity index is 1250. The molecule has 7 heteroatoms. The largest absolute Gasteiger partial charge is 0.383 e. The van der Waals surface area contributed by atoms with Crippen LogP contribution in [0.15, 0.2) is 41.2 Å². The monoisotopic (exact) mass is 400 g/mol. The van der Waals surface area contributed by atoms with Crippen molar-refractivity contribution < 1.29 is 4.52 Å². The molecule has 0 bridgehead atoms. The minimum Gasteiger partial charge on any atom is -0.383 e. The van der Waals surface area contributed by atoms with Gasteiger partial charge in [0.1, 0.15) is 29.2 Å². The molecule has 7 nitrogen and oxygen atoms in total. The van der Waals surface area contributed by atoms with Crippen molar-refractivity contribution in [2.75, 3.05) is 10.6 Å². The number of anilines is 2. The number of rotatable bonds is 3. The lowest BCUT2D eigenvalue weighted by Crippen LogP contribution is -2.23. The lowest BCUT2D eigenvalue weighted by molar-refractivity contribution is 0.384. The van der Waals surface area contributed by atoms with E-state index < -0.39 is 0 Å². The second-order valence-corrected chi connectivity index (χ2v) is 8.58. The van der Waals surface area contributed by atoms with Gasteiger partial charge >= 0.3 is 0 Å². The number of fused-ring (bicyclic) bond motifs is 5. The van der Waals surface area contributed by atoms with Gasteiger partial charge in [0.2, 0.25) is 0 Å². The average Bonchev–Trinajstić information content (AvgIpc) is 3.45. The van der Waals surface area contributed by atoms with Crippen LogP contribution in [0.25, 0.3) is 22.3 Å². The number of nitrogen functional groups attached to an aromatic ring is 1. The molecule has 4 aromatic rings. The minimum atomic E-state index is 0.222. The van der Waals surface area contributed by atoms with Gasteiger partial charge in [-0.05, 0) is 38.8 Å². The highest BCUT2D eigenvalue weighted by atomic mass is 16.5. The number of aromatic nitrogens is 4. The molecule has 0 saturated heterocycles. The predicted octanol–water partition coefficient (Wildman–Crippen LogP) is 4.65. The van der Waals surface area contributed by atoms with Crippen LogP contribution >= 0.6 is 0 Å². The van der Waals surface area contributed by atoms with Gasteiger partial charge in [-0.25, -0.2) is 9.97 Å². The lowest BCUT2D eigenvalue weighted by atomic mass is 10.0. The summed E-state index contributed by atoms with van der Waals surface area (Å²) in [6.45, 7) is 5.86. The molecule has 3 aromatic heterocycles. The third kappa shape index (κ3) is 2.47. The summed E-state index contributed by atoms with van der Waals surface area (Å²) in [6, 6.07) is 10.8. The number of benzene rings is 1. The van der Waals surface area contributed by atoms with Gasteiger partial charge in [0.15, 0.2) is 0 Å². The SMILES string of the molecule is CC(C)n1c2c(c3c(N)ncnc31)-c1noc(C3CC3)c1CN(c1ccccc1)C2. The first-order valence-corrected chi connectivity index (χ1v) is 10.6. The first-order valence-electron chi connectivity index (χ1n) is 10.6. The molecule has 1 aliphatic carbocycles. The normalized spacial score (nSPS) is 16.0. The molecule has 0 radical (unpaired) electrons. The zero-order chi connectivity index (χ0) is 20.4. The second kappa shape index (κ2) is 6.32. The summed E-state index contributed by atoms with van der Waals surface area (Å²) in [6.07, 6.45) is 3.88. The third-order valence-corrected chi connectivity index (χ3v) is 6.24. The molecule has 0 spiro atoms. The Morgan fingerprint density at radius 1 is 1.10 bits per heavy atom. The van der Waals surface area contributed by atoms with Crippen molar-refractivity contribution in [3.63, 3.8) is 0 Å². The van der Waals surface area contributed by atoms with Crippen molar-refractivity contribution in [3.05, 3.63) is 53.7 Å². The summed E-state index contributed by atoms with van der Waals surface area (Å²) >= 11 is 0. The van der Waals surface area contributed by atoms with E-state index in [1.807, 2.05) is 0 Å².